The van der Waals surface area contributed by atoms with E-state index in [1.54, 1.807) is 7.11 Å². The van der Waals surface area contributed by atoms with Gasteiger partial charge in [-0.2, -0.15) is 0 Å². The van der Waals surface area contributed by atoms with E-state index in [0.29, 0.717) is 12.5 Å². The van der Waals surface area contributed by atoms with Crippen molar-refractivity contribution in [2.45, 2.75) is 38.3 Å². The number of likely N-dealkylation sites (tertiary alicyclic amines) is 2. The van der Waals surface area contributed by atoms with Crippen LogP contribution in [-0.4, -0.2) is 49.0 Å². The average Bonchev–Trinajstić information content (AvgIpc) is 3.09. The lowest BCUT2D eigenvalue weighted by Gasteiger charge is -2.38. The van der Waals surface area contributed by atoms with E-state index in [-0.39, 0.29) is 11.5 Å². The van der Waals surface area contributed by atoms with Crippen molar-refractivity contribution in [1.29, 1.82) is 0 Å². The zero-order valence-electron chi connectivity index (χ0n) is 18.2. The number of hydrogen-bond donors (Lipinski definition) is 1. The van der Waals surface area contributed by atoms with Gasteiger partial charge in [-0.05, 0) is 69.1 Å². The van der Waals surface area contributed by atoms with Crippen LogP contribution >= 0.6 is 15.9 Å². The van der Waals surface area contributed by atoms with E-state index in [2.05, 4.69) is 37.9 Å². The van der Waals surface area contributed by atoms with Gasteiger partial charge in [-0.25, -0.2) is 0 Å². The Kier molecular flexibility index (Phi) is 6.99. The van der Waals surface area contributed by atoms with Crippen LogP contribution in [0.4, 0.5) is 0 Å². The molecule has 0 bridgehead atoms. The minimum absolute atomic E-state index is 0.0402. The third-order valence-corrected chi connectivity index (χ3v) is 7.52. The van der Waals surface area contributed by atoms with Crippen LogP contribution in [0.25, 0.3) is 0 Å². The molecular weight excluding hydrogens is 454 g/mol. The summed E-state index contributed by atoms with van der Waals surface area (Å²) >= 11 is 3.48. The van der Waals surface area contributed by atoms with Crippen LogP contribution in [0.15, 0.2) is 53.0 Å². The SMILES string of the molecule is COc1ccccc1C(N)CCN1CCC2(CC1)CCN(Cc1ccc(Br)cc1)C2=O. The van der Waals surface area contributed by atoms with Crippen LogP contribution < -0.4 is 10.5 Å². The fourth-order valence-corrected chi connectivity index (χ4v) is 5.24. The first kappa shape index (κ1) is 22.3. The molecule has 0 saturated carbocycles. The summed E-state index contributed by atoms with van der Waals surface area (Å²) in [5, 5.41) is 0. The van der Waals surface area contributed by atoms with Crippen LogP contribution in [-0.2, 0) is 11.3 Å². The van der Waals surface area contributed by atoms with Gasteiger partial charge in [0.1, 0.15) is 5.75 Å². The maximum atomic E-state index is 13.2. The van der Waals surface area contributed by atoms with E-state index in [9.17, 15) is 4.79 Å². The number of amides is 1. The number of carbonyl (C=O) groups is 1. The molecule has 31 heavy (non-hydrogen) atoms. The summed E-state index contributed by atoms with van der Waals surface area (Å²) in [5.41, 5.74) is 8.55. The number of benzene rings is 2. The lowest BCUT2D eigenvalue weighted by atomic mass is 9.77. The number of para-hydroxylation sites is 1. The third kappa shape index (κ3) is 4.97. The summed E-state index contributed by atoms with van der Waals surface area (Å²) < 4.78 is 6.52. The number of halogens is 1. The van der Waals surface area contributed by atoms with Crippen molar-refractivity contribution < 1.29 is 9.53 Å². The highest BCUT2D eigenvalue weighted by atomic mass is 79.9. The van der Waals surface area contributed by atoms with E-state index >= 15 is 0 Å². The lowest BCUT2D eigenvalue weighted by molar-refractivity contribution is -0.138. The lowest BCUT2D eigenvalue weighted by Crippen LogP contribution is -2.45. The molecule has 1 unspecified atom stereocenters. The molecule has 2 N–H and O–H groups in total. The molecule has 2 aromatic rings. The highest BCUT2D eigenvalue weighted by molar-refractivity contribution is 9.10. The molecule has 1 atom stereocenters. The Labute approximate surface area is 193 Å². The Morgan fingerprint density at radius 2 is 1.74 bits per heavy atom. The normalized spacial score (nSPS) is 19.7. The largest absolute Gasteiger partial charge is 0.496 e. The average molecular weight is 486 g/mol. The van der Waals surface area contributed by atoms with E-state index in [1.165, 1.54) is 5.56 Å². The van der Waals surface area contributed by atoms with Crippen LogP contribution in [0.5, 0.6) is 5.75 Å². The third-order valence-electron chi connectivity index (χ3n) is 7.00. The summed E-state index contributed by atoms with van der Waals surface area (Å²) in [6.45, 7) is 4.47. The first-order valence-corrected chi connectivity index (χ1v) is 11.9. The molecule has 2 fully saturated rings. The van der Waals surface area contributed by atoms with Crippen LogP contribution in [0.3, 0.4) is 0 Å². The summed E-state index contributed by atoms with van der Waals surface area (Å²) in [4.78, 5) is 17.8. The maximum Gasteiger partial charge on any atom is 0.229 e. The summed E-state index contributed by atoms with van der Waals surface area (Å²) in [6, 6.07) is 16.2. The second-order valence-electron chi connectivity index (χ2n) is 8.86. The molecule has 2 saturated heterocycles. The standard InChI is InChI=1S/C25H32BrN3O2/c1-31-23-5-3-2-4-21(23)22(27)10-14-28-15-11-25(12-16-28)13-17-29(24(25)30)18-19-6-8-20(26)9-7-19/h2-9,22H,10-18,27H2,1H3. The van der Waals surface area contributed by atoms with Gasteiger partial charge in [0.2, 0.25) is 5.91 Å². The van der Waals surface area contributed by atoms with Crippen LogP contribution in [0, 0.1) is 5.41 Å². The Morgan fingerprint density at radius 3 is 2.45 bits per heavy atom. The number of nitrogens with two attached hydrogens (primary N) is 1. The predicted molar refractivity (Wildman–Crippen MR) is 127 cm³/mol. The molecule has 2 aliphatic heterocycles. The molecule has 1 amide bonds. The molecule has 1 spiro atoms. The fraction of sp³-hybridized carbons (Fsp3) is 0.480. The van der Waals surface area contributed by atoms with Crippen LogP contribution in [0.2, 0.25) is 0 Å². The predicted octanol–water partition coefficient (Wildman–Crippen LogP) is 4.36. The smallest absolute Gasteiger partial charge is 0.229 e. The maximum absolute atomic E-state index is 13.2. The Hall–Kier alpha value is -1.89. The van der Waals surface area contributed by atoms with E-state index in [0.717, 1.165) is 67.6 Å². The van der Waals surface area contributed by atoms with Gasteiger partial charge in [-0.1, -0.05) is 46.3 Å². The van der Waals surface area contributed by atoms with Crippen molar-refractivity contribution in [2.24, 2.45) is 11.1 Å². The summed E-state index contributed by atoms with van der Waals surface area (Å²) in [7, 11) is 1.69. The molecule has 2 heterocycles. The Morgan fingerprint density at radius 1 is 1.06 bits per heavy atom. The van der Waals surface area contributed by atoms with Crippen molar-refractivity contribution in [2.75, 3.05) is 33.3 Å². The first-order valence-electron chi connectivity index (χ1n) is 11.2. The van der Waals surface area contributed by atoms with E-state index in [1.807, 2.05) is 36.4 Å². The summed E-state index contributed by atoms with van der Waals surface area (Å²) in [6.07, 6.45) is 3.77. The van der Waals surface area contributed by atoms with Crippen LogP contribution in [0.1, 0.15) is 42.9 Å². The minimum Gasteiger partial charge on any atom is -0.496 e. The molecule has 4 rings (SSSR count). The minimum atomic E-state index is -0.156. The van der Waals surface area contributed by atoms with Gasteiger partial charge in [-0.15, -0.1) is 0 Å². The highest BCUT2D eigenvalue weighted by Crippen LogP contribution is 2.42. The van der Waals surface area contributed by atoms with Gasteiger partial charge in [0.15, 0.2) is 0 Å². The molecule has 6 heteroatoms. The number of ether oxygens (including phenoxy) is 1. The highest BCUT2D eigenvalue weighted by Gasteiger charge is 2.47. The Bertz CT molecular complexity index is 894. The second kappa shape index (κ2) is 9.72. The topological polar surface area (TPSA) is 58.8 Å². The zero-order valence-corrected chi connectivity index (χ0v) is 19.8. The van der Waals surface area contributed by atoms with Crippen molar-refractivity contribution in [3.8, 4) is 5.75 Å². The van der Waals surface area contributed by atoms with Gasteiger partial charge >= 0.3 is 0 Å². The van der Waals surface area contributed by atoms with E-state index in [4.69, 9.17) is 10.5 Å². The van der Waals surface area contributed by atoms with Gasteiger partial charge in [-0.3, -0.25) is 4.79 Å². The first-order chi connectivity index (χ1) is 15.0. The number of nitrogens with zero attached hydrogens (tertiary/aromatic N) is 2. The molecule has 5 nitrogen and oxygen atoms in total. The van der Waals surface area contributed by atoms with E-state index < -0.39 is 0 Å². The second-order valence-corrected chi connectivity index (χ2v) is 9.78. The molecular formula is C25H32BrN3O2. The van der Waals surface area contributed by atoms with Gasteiger partial charge in [0, 0.05) is 29.2 Å². The molecule has 2 aliphatic rings. The van der Waals surface area contributed by atoms with Crippen molar-refractivity contribution in [1.82, 2.24) is 9.80 Å². The quantitative estimate of drug-likeness (QED) is 0.632. The molecule has 0 aromatic heterocycles. The van der Waals surface area contributed by atoms with Gasteiger partial charge in [0.25, 0.3) is 0 Å². The number of hydrogen-bond acceptors (Lipinski definition) is 4. The number of carbonyl (C=O) groups excluding carboxylic acids is 1. The number of piperidine rings is 1. The van der Waals surface area contributed by atoms with Crippen molar-refractivity contribution in [3.63, 3.8) is 0 Å². The summed E-state index contributed by atoms with van der Waals surface area (Å²) in [5.74, 6) is 1.20. The molecule has 2 aromatic carbocycles. The molecule has 166 valence electrons. The van der Waals surface area contributed by atoms with Gasteiger partial charge < -0.3 is 20.3 Å². The monoisotopic (exact) mass is 485 g/mol. The van der Waals surface area contributed by atoms with Crippen molar-refractivity contribution >= 4 is 21.8 Å². The zero-order chi connectivity index (χ0) is 21.8. The number of rotatable bonds is 7. The number of methoxy groups -OCH3 is 1. The fourth-order valence-electron chi connectivity index (χ4n) is 4.97. The Balaban J connectivity index is 1.28. The molecule has 0 radical (unpaired) electrons. The van der Waals surface area contributed by atoms with Crippen molar-refractivity contribution in [3.05, 3.63) is 64.1 Å². The molecule has 0 aliphatic carbocycles. The van der Waals surface area contributed by atoms with Gasteiger partial charge in [0.05, 0.1) is 12.5 Å².